The van der Waals surface area contributed by atoms with Gasteiger partial charge in [0.25, 0.3) is 5.91 Å². The Morgan fingerprint density at radius 1 is 1.13 bits per heavy atom. The Hall–Kier alpha value is -1.93. The first-order valence-corrected chi connectivity index (χ1v) is 12.0. The number of sulfonamides is 1. The van der Waals surface area contributed by atoms with Gasteiger partial charge in [-0.3, -0.25) is 4.79 Å². The first-order valence-electron chi connectivity index (χ1n) is 10.1. The summed E-state index contributed by atoms with van der Waals surface area (Å²) in [4.78, 5) is 12.7. The van der Waals surface area contributed by atoms with Gasteiger partial charge in [-0.25, -0.2) is 13.1 Å². The SMILES string of the molecule is Cc1ccccc1C(=O)Nc1c(C)cc(S(=O)(=O)NC(C)C2CCNCC2)cc1Cl. The lowest BCUT2D eigenvalue weighted by molar-refractivity contribution is 0.102. The van der Waals surface area contributed by atoms with Crippen LogP contribution in [0.15, 0.2) is 41.3 Å². The molecule has 1 atom stereocenters. The Bertz CT molecular complexity index is 1010. The molecular weight excluding hydrogens is 422 g/mol. The highest BCUT2D eigenvalue weighted by Gasteiger charge is 2.26. The van der Waals surface area contributed by atoms with Crippen molar-refractivity contribution in [2.24, 2.45) is 5.92 Å². The zero-order valence-corrected chi connectivity index (χ0v) is 19.0. The molecule has 2 aromatic carbocycles. The molecule has 1 amide bonds. The molecule has 0 radical (unpaired) electrons. The minimum atomic E-state index is -3.73. The minimum absolute atomic E-state index is 0.0969. The molecule has 0 saturated carbocycles. The predicted molar refractivity (Wildman–Crippen MR) is 121 cm³/mol. The number of benzene rings is 2. The second-order valence-electron chi connectivity index (χ2n) is 7.86. The first-order chi connectivity index (χ1) is 14.2. The molecule has 1 heterocycles. The summed E-state index contributed by atoms with van der Waals surface area (Å²) in [6.45, 7) is 7.29. The van der Waals surface area contributed by atoms with Gasteiger partial charge in [0, 0.05) is 11.6 Å². The van der Waals surface area contributed by atoms with Gasteiger partial charge in [-0.2, -0.15) is 0 Å². The van der Waals surface area contributed by atoms with Crippen LogP contribution in [0, 0.1) is 19.8 Å². The summed E-state index contributed by atoms with van der Waals surface area (Å²) in [7, 11) is -3.73. The summed E-state index contributed by atoms with van der Waals surface area (Å²) < 4.78 is 28.6. The lowest BCUT2D eigenvalue weighted by Crippen LogP contribution is -2.42. The zero-order chi connectivity index (χ0) is 21.9. The van der Waals surface area contributed by atoms with Crippen LogP contribution >= 0.6 is 11.6 Å². The van der Waals surface area contributed by atoms with Gasteiger partial charge >= 0.3 is 0 Å². The van der Waals surface area contributed by atoms with Crippen LogP contribution in [0.5, 0.6) is 0 Å². The van der Waals surface area contributed by atoms with E-state index in [-0.39, 0.29) is 21.9 Å². The van der Waals surface area contributed by atoms with Gasteiger partial charge in [0.15, 0.2) is 0 Å². The van der Waals surface area contributed by atoms with Crippen LogP contribution in [0.2, 0.25) is 5.02 Å². The average molecular weight is 450 g/mol. The number of carbonyl (C=O) groups is 1. The lowest BCUT2D eigenvalue weighted by atomic mass is 9.92. The third kappa shape index (κ3) is 5.21. The topological polar surface area (TPSA) is 87.3 Å². The maximum atomic E-state index is 12.9. The second kappa shape index (κ2) is 9.47. The highest BCUT2D eigenvalue weighted by molar-refractivity contribution is 7.89. The van der Waals surface area contributed by atoms with Gasteiger partial charge in [-0.1, -0.05) is 29.8 Å². The number of carbonyl (C=O) groups excluding carboxylic acids is 1. The molecule has 162 valence electrons. The molecule has 3 rings (SSSR count). The van der Waals surface area contributed by atoms with Crippen LogP contribution in [-0.4, -0.2) is 33.5 Å². The van der Waals surface area contributed by atoms with Crippen molar-refractivity contribution < 1.29 is 13.2 Å². The molecule has 2 aromatic rings. The van der Waals surface area contributed by atoms with Crippen LogP contribution in [0.3, 0.4) is 0 Å². The third-order valence-electron chi connectivity index (χ3n) is 5.63. The summed E-state index contributed by atoms with van der Waals surface area (Å²) in [5.41, 5.74) is 2.39. The van der Waals surface area contributed by atoms with E-state index in [1.54, 1.807) is 19.1 Å². The Labute approximate surface area is 183 Å². The number of nitrogens with one attached hydrogen (secondary N) is 3. The van der Waals surface area contributed by atoms with Crippen molar-refractivity contribution in [1.29, 1.82) is 0 Å². The molecule has 1 saturated heterocycles. The second-order valence-corrected chi connectivity index (χ2v) is 9.98. The highest BCUT2D eigenvalue weighted by Crippen LogP contribution is 2.30. The normalized spacial score (nSPS) is 16.3. The van der Waals surface area contributed by atoms with Gasteiger partial charge in [0.1, 0.15) is 0 Å². The Morgan fingerprint density at radius 2 is 1.80 bits per heavy atom. The van der Waals surface area contributed by atoms with E-state index in [1.807, 2.05) is 26.0 Å². The van der Waals surface area contributed by atoms with E-state index in [2.05, 4.69) is 15.4 Å². The van der Waals surface area contributed by atoms with E-state index in [9.17, 15) is 13.2 Å². The molecule has 0 bridgehead atoms. The van der Waals surface area contributed by atoms with Crippen LogP contribution in [0.1, 0.15) is 41.3 Å². The predicted octanol–water partition coefficient (Wildman–Crippen LogP) is 3.88. The van der Waals surface area contributed by atoms with Crippen molar-refractivity contribution in [3.8, 4) is 0 Å². The van der Waals surface area contributed by atoms with E-state index in [0.717, 1.165) is 31.5 Å². The van der Waals surface area contributed by atoms with Crippen LogP contribution in [0.25, 0.3) is 0 Å². The van der Waals surface area contributed by atoms with Gasteiger partial charge in [-0.15, -0.1) is 0 Å². The van der Waals surface area contributed by atoms with Crippen LogP contribution in [0.4, 0.5) is 5.69 Å². The summed E-state index contributed by atoms with van der Waals surface area (Å²) in [5, 5.41) is 6.29. The largest absolute Gasteiger partial charge is 0.320 e. The van der Waals surface area contributed by atoms with E-state index in [4.69, 9.17) is 11.6 Å². The fourth-order valence-electron chi connectivity index (χ4n) is 3.79. The number of piperidine rings is 1. The number of hydrogen-bond acceptors (Lipinski definition) is 4. The molecule has 1 unspecified atom stereocenters. The number of aryl methyl sites for hydroxylation is 2. The quantitative estimate of drug-likeness (QED) is 0.624. The molecule has 1 aliphatic heterocycles. The highest BCUT2D eigenvalue weighted by atomic mass is 35.5. The maximum Gasteiger partial charge on any atom is 0.255 e. The number of halogens is 1. The van der Waals surface area contributed by atoms with Crippen molar-refractivity contribution in [3.05, 3.63) is 58.1 Å². The van der Waals surface area contributed by atoms with Crippen molar-refractivity contribution in [3.63, 3.8) is 0 Å². The molecule has 1 aliphatic rings. The zero-order valence-electron chi connectivity index (χ0n) is 17.5. The third-order valence-corrected chi connectivity index (χ3v) is 7.47. The van der Waals surface area contributed by atoms with Gasteiger partial charge in [0.2, 0.25) is 10.0 Å². The maximum absolute atomic E-state index is 12.9. The molecular formula is C22H28ClN3O3S. The number of hydrogen-bond donors (Lipinski definition) is 3. The van der Waals surface area contributed by atoms with Crippen molar-refractivity contribution in [2.45, 2.75) is 44.6 Å². The molecule has 1 fully saturated rings. The number of anilines is 1. The van der Waals surface area contributed by atoms with E-state index in [0.29, 0.717) is 22.7 Å². The van der Waals surface area contributed by atoms with Crippen LogP contribution < -0.4 is 15.4 Å². The van der Waals surface area contributed by atoms with Crippen molar-refractivity contribution in [2.75, 3.05) is 18.4 Å². The smallest absolute Gasteiger partial charge is 0.255 e. The number of rotatable bonds is 6. The molecule has 6 nitrogen and oxygen atoms in total. The Morgan fingerprint density at radius 3 is 2.43 bits per heavy atom. The monoisotopic (exact) mass is 449 g/mol. The molecule has 3 N–H and O–H groups in total. The van der Waals surface area contributed by atoms with E-state index >= 15 is 0 Å². The molecule has 30 heavy (non-hydrogen) atoms. The van der Waals surface area contributed by atoms with E-state index in [1.165, 1.54) is 12.1 Å². The summed E-state index contributed by atoms with van der Waals surface area (Å²) in [6, 6.07) is 10.0. The molecule has 8 heteroatoms. The van der Waals surface area contributed by atoms with E-state index < -0.39 is 10.0 Å². The number of amides is 1. The minimum Gasteiger partial charge on any atom is -0.320 e. The van der Waals surface area contributed by atoms with Gasteiger partial charge < -0.3 is 10.6 Å². The molecule has 0 aliphatic carbocycles. The fraction of sp³-hybridized carbons (Fsp3) is 0.409. The average Bonchev–Trinajstić information content (AvgIpc) is 2.71. The Kier molecular flexibility index (Phi) is 7.18. The molecule has 0 spiro atoms. The van der Waals surface area contributed by atoms with Gasteiger partial charge in [0.05, 0.1) is 15.6 Å². The van der Waals surface area contributed by atoms with Gasteiger partial charge in [-0.05, 0) is 81.9 Å². The Balaban J connectivity index is 1.79. The summed E-state index contributed by atoms with van der Waals surface area (Å²) in [5.74, 6) is 0.0108. The van der Waals surface area contributed by atoms with Crippen molar-refractivity contribution in [1.82, 2.24) is 10.0 Å². The van der Waals surface area contributed by atoms with Crippen LogP contribution in [-0.2, 0) is 10.0 Å². The fourth-order valence-corrected chi connectivity index (χ4v) is 5.59. The standard InChI is InChI=1S/C22H28ClN3O3S/c1-14-6-4-5-7-19(14)22(27)25-21-15(2)12-18(13-20(21)23)30(28,29)26-16(3)17-8-10-24-11-9-17/h4-7,12-13,16-17,24,26H,8-11H2,1-3H3,(H,25,27). The first kappa shape index (κ1) is 22.7. The van der Waals surface area contributed by atoms with Crippen molar-refractivity contribution >= 4 is 33.2 Å². The lowest BCUT2D eigenvalue weighted by Gasteiger charge is -2.28. The summed E-state index contributed by atoms with van der Waals surface area (Å²) in [6.07, 6.45) is 1.88. The molecule has 0 aromatic heterocycles. The summed E-state index contributed by atoms with van der Waals surface area (Å²) >= 11 is 6.38.